The summed E-state index contributed by atoms with van der Waals surface area (Å²) in [6.45, 7) is 5.35. The summed E-state index contributed by atoms with van der Waals surface area (Å²) < 4.78 is 0. The van der Waals surface area contributed by atoms with Gasteiger partial charge in [-0.3, -0.25) is 0 Å². The first-order valence-electron chi connectivity index (χ1n) is 4.70. The normalized spacial score (nSPS) is 17.3. The molecule has 1 fully saturated rings. The minimum absolute atomic E-state index is 0.694. The molecule has 0 radical (unpaired) electrons. The van der Waals surface area contributed by atoms with E-state index in [4.69, 9.17) is 0 Å². The molecular formula is C9H15N3S. The van der Waals surface area contributed by atoms with Crippen LogP contribution in [-0.4, -0.2) is 30.7 Å². The molecule has 0 spiro atoms. The quantitative estimate of drug-likeness (QED) is 0.740. The van der Waals surface area contributed by atoms with E-state index in [-0.39, 0.29) is 0 Å². The number of nitrogens with one attached hydrogen (secondary N) is 2. The van der Waals surface area contributed by atoms with Crippen molar-refractivity contribution in [3.05, 3.63) is 16.1 Å². The van der Waals surface area contributed by atoms with Crippen molar-refractivity contribution in [1.29, 1.82) is 0 Å². The first kappa shape index (κ1) is 9.12. The lowest BCUT2D eigenvalue weighted by atomic mass is 10.2. The lowest BCUT2D eigenvalue weighted by Gasteiger charge is -2.27. The number of aryl methyl sites for hydroxylation is 1. The van der Waals surface area contributed by atoms with E-state index in [1.54, 1.807) is 11.3 Å². The molecule has 2 rings (SSSR count). The fourth-order valence-corrected chi connectivity index (χ4v) is 2.01. The number of rotatable bonds is 4. The molecule has 1 aliphatic rings. The van der Waals surface area contributed by atoms with Gasteiger partial charge in [-0.25, -0.2) is 4.98 Å². The maximum absolute atomic E-state index is 4.41. The maximum Gasteiger partial charge on any atom is 0.0897 e. The van der Waals surface area contributed by atoms with Crippen LogP contribution in [0.3, 0.4) is 0 Å². The number of hydrogen-bond donors (Lipinski definition) is 2. The Balaban J connectivity index is 1.67. The molecule has 4 heteroatoms. The molecule has 13 heavy (non-hydrogen) atoms. The molecule has 0 bridgehead atoms. The molecular weight excluding hydrogens is 182 g/mol. The van der Waals surface area contributed by atoms with E-state index in [0.717, 1.165) is 26.1 Å². The van der Waals surface area contributed by atoms with Crippen molar-refractivity contribution in [2.75, 3.05) is 19.6 Å². The van der Waals surface area contributed by atoms with Crippen molar-refractivity contribution in [2.24, 2.45) is 0 Å². The van der Waals surface area contributed by atoms with Crippen LogP contribution in [0, 0.1) is 6.92 Å². The largest absolute Gasteiger partial charge is 0.314 e. The molecule has 0 saturated carbocycles. The van der Waals surface area contributed by atoms with Crippen LogP contribution in [0.25, 0.3) is 0 Å². The Morgan fingerprint density at radius 1 is 1.69 bits per heavy atom. The lowest BCUT2D eigenvalue weighted by molar-refractivity contribution is 0.368. The van der Waals surface area contributed by atoms with Gasteiger partial charge in [0.25, 0.3) is 0 Å². The molecule has 3 nitrogen and oxygen atoms in total. The monoisotopic (exact) mass is 197 g/mol. The molecule has 2 heterocycles. The van der Waals surface area contributed by atoms with E-state index < -0.39 is 0 Å². The molecule has 0 atom stereocenters. The van der Waals surface area contributed by atoms with Crippen molar-refractivity contribution < 1.29 is 0 Å². The molecule has 72 valence electrons. The van der Waals surface area contributed by atoms with Gasteiger partial charge in [-0.05, 0) is 6.92 Å². The number of nitrogens with zero attached hydrogens (tertiary/aromatic N) is 1. The molecule has 0 unspecified atom stereocenters. The predicted molar refractivity (Wildman–Crippen MR) is 55.2 cm³/mol. The highest BCUT2D eigenvalue weighted by Gasteiger charge is 2.14. The van der Waals surface area contributed by atoms with Crippen molar-refractivity contribution in [1.82, 2.24) is 15.6 Å². The summed E-state index contributed by atoms with van der Waals surface area (Å²) in [5.74, 6) is 0. The van der Waals surface area contributed by atoms with E-state index in [0.29, 0.717) is 6.04 Å². The van der Waals surface area contributed by atoms with Crippen LogP contribution in [0.15, 0.2) is 5.38 Å². The average molecular weight is 197 g/mol. The summed E-state index contributed by atoms with van der Waals surface area (Å²) in [7, 11) is 0. The van der Waals surface area contributed by atoms with Gasteiger partial charge >= 0.3 is 0 Å². The Labute approximate surface area is 82.6 Å². The standard InChI is InChI=1S/C9H15N3S/c1-7-12-8(6-13-7)2-3-11-9-4-10-5-9/h6,9-11H,2-5H2,1H3. The summed E-state index contributed by atoms with van der Waals surface area (Å²) in [5, 5.41) is 10.0. The summed E-state index contributed by atoms with van der Waals surface area (Å²) in [4.78, 5) is 4.41. The molecule has 1 aromatic rings. The molecule has 0 aliphatic carbocycles. The SMILES string of the molecule is Cc1nc(CCNC2CNC2)cs1. The molecule has 0 amide bonds. The lowest BCUT2D eigenvalue weighted by Crippen LogP contribution is -2.55. The second-order valence-electron chi connectivity index (χ2n) is 3.42. The number of thiazole rings is 1. The minimum Gasteiger partial charge on any atom is -0.314 e. The van der Waals surface area contributed by atoms with Crippen LogP contribution < -0.4 is 10.6 Å². The van der Waals surface area contributed by atoms with Gasteiger partial charge in [0.15, 0.2) is 0 Å². The maximum atomic E-state index is 4.41. The van der Waals surface area contributed by atoms with E-state index >= 15 is 0 Å². The van der Waals surface area contributed by atoms with E-state index in [9.17, 15) is 0 Å². The second-order valence-corrected chi connectivity index (χ2v) is 4.48. The molecule has 1 aromatic heterocycles. The summed E-state index contributed by atoms with van der Waals surface area (Å²) in [6.07, 6.45) is 1.06. The molecule has 1 aliphatic heterocycles. The third-order valence-corrected chi connectivity index (χ3v) is 3.08. The summed E-state index contributed by atoms with van der Waals surface area (Å²) in [6, 6.07) is 0.694. The van der Waals surface area contributed by atoms with Crippen molar-refractivity contribution in [3.8, 4) is 0 Å². The smallest absolute Gasteiger partial charge is 0.0897 e. The Kier molecular flexibility index (Phi) is 2.93. The highest BCUT2D eigenvalue weighted by molar-refractivity contribution is 7.09. The first-order chi connectivity index (χ1) is 6.34. The van der Waals surface area contributed by atoms with Crippen LogP contribution in [0.2, 0.25) is 0 Å². The molecule has 1 saturated heterocycles. The first-order valence-corrected chi connectivity index (χ1v) is 5.57. The van der Waals surface area contributed by atoms with Crippen molar-refractivity contribution in [3.63, 3.8) is 0 Å². The number of hydrogen-bond acceptors (Lipinski definition) is 4. The van der Waals surface area contributed by atoms with Gasteiger partial charge in [0.1, 0.15) is 0 Å². The van der Waals surface area contributed by atoms with Crippen LogP contribution in [0.4, 0.5) is 0 Å². The zero-order chi connectivity index (χ0) is 9.10. The Morgan fingerprint density at radius 3 is 3.08 bits per heavy atom. The van der Waals surface area contributed by atoms with Crippen LogP contribution in [0.1, 0.15) is 10.7 Å². The van der Waals surface area contributed by atoms with Gasteiger partial charge in [-0.15, -0.1) is 11.3 Å². The van der Waals surface area contributed by atoms with Crippen molar-refractivity contribution >= 4 is 11.3 Å². The van der Waals surface area contributed by atoms with Crippen molar-refractivity contribution in [2.45, 2.75) is 19.4 Å². The Morgan fingerprint density at radius 2 is 2.54 bits per heavy atom. The van der Waals surface area contributed by atoms with E-state index in [1.807, 2.05) is 0 Å². The van der Waals surface area contributed by atoms with E-state index in [2.05, 4.69) is 27.9 Å². The van der Waals surface area contributed by atoms with Gasteiger partial charge in [-0.2, -0.15) is 0 Å². The highest BCUT2D eigenvalue weighted by Crippen LogP contribution is 2.07. The fraction of sp³-hybridized carbons (Fsp3) is 0.667. The van der Waals surface area contributed by atoms with Gasteiger partial charge in [-0.1, -0.05) is 0 Å². The van der Waals surface area contributed by atoms with Gasteiger partial charge in [0, 0.05) is 37.5 Å². The van der Waals surface area contributed by atoms with Gasteiger partial charge in [0.2, 0.25) is 0 Å². The highest BCUT2D eigenvalue weighted by atomic mass is 32.1. The fourth-order valence-electron chi connectivity index (χ4n) is 1.36. The topological polar surface area (TPSA) is 37.0 Å². The third kappa shape index (κ3) is 2.49. The van der Waals surface area contributed by atoms with E-state index in [1.165, 1.54) is 10.7 Å². The Hall–Kier alpha value is -0.450. The van der Waals surface area contributed by atoms with Crippen LogP contribution in [0.5, 0.6) is 0 Å². The minimum atomic E-state index is 0.694. The third-order valence-electron chi connectivity index (χ3n) is 2.26. The van der Waals surface area contributed by atoms with Crippen LogP contribution in [-0.2, 0) is 6.42 Å². The summed E-state index contributed by atoms with van der Waals surface area (Å²) in [5.41, 5.74) is 1.22. The number of aromatic nitrogens is 1. The van der Waals surface area contributed by atoms with Gasteiger partial charge in [0.05, 0.1) is 10.7 Å². The average Bonchev–Trinajstić information content (AvgIpc) is 2.42. The molecule has 2 N–H and O–H groups in total. The summed E-state index contributed by atoms with van der Waals surface area (Å²) >= 11 is 1.73. The zero-order valence-corrected chi connectivity index (χ0v) is 8.66. The predicted octanol–water partition coefficient (Wildman–Crippen LogP) is 0.555. The second kappa shape index (κ2) is 4.17. The zero-order valence-electron chi connectivity index (χ0n) is 7.84. The Bertz CT molecular complexity index is 268. The van der Waals surface area contributed by atoms with Gasteiger partial charge < -0.3 is 10.6 Å². The molecule has 0 aromatic carbocycles. The van der Waals surface area contributed by atoms with Crippen LogP contribution >= 0.6 is 11.3 Å².